The van der Waals surface area contributed by atoms with Gasteiger partial charge in [-0.15, -0.1) is 21.4 Å². The Morgan fingerprint density at radius 2 is 0.538 bits per heavy atom. The molecule has 0 rings (SSSR count). The molecule has 0 saturated carbocycles. The third-order valence-corrected chi connectivity index (χ3v) is 0. The first-order valence-electron chi connectivity index (χ1n) is 1.46. The maximum absolute atomic E-state index is 8.00. The van der Waals surface area contributed by atoms with Crippen LogP contribution in [0.4, 0.5) is 0 Å². The van der Waals surface area contributed by atoms with Crippen molar-refractivity contribution in [2.45, 2.75) is 0 Å². The summed E-state index contributed by atoms with van der Waals surface area (Å²) >= 11 is 0. The molecule has 0 heterocycles. The molecule has 0 aliphatic heterocycles. The molecule has 0 unspecified atom stereocenters. The van der Waals surface area contributed by atoms with Gasteiger partial charge in [-0.2, -0.15) is 0 Å². The Labute approximate surface area is 82.6 Å². The third kappa shape index (κ3) is 228. The minimum Gasteiger partial charge on any atom is -0.444 e. The molecule has 0 N–H and O–H groups in total. The molecule has 13 heavy (non-hydrogen) atoms. The molecule has 1 radical (unpaired) electrons. The summed E-state index contributed by atoms with van der Waals surface area (Å²) in [5.41, 5.74) is 0. The molecule has 0 spiro atoms. The summed E-state index contributed by atoms with van der Waals surface area (Å²) in [6.45, 7) is 0. The van der Waals surface area contributed by atoms with Gasteiger partial charge in [0.05, 0.1) is 0 Å². The smallest absolute Gasteiger partial charge is 0 e. The van der Waals surface area contributed by atoms with E-state index < -0.39 is 0 Å². The zero-order valence-corrected chi connectivity index (χ0v) is 7.78. The van der Waals surface area contributed by atoms with E-state index in [9.17, 15) is 0 Å². The van der Waals surface area contributed by atoms with Crippen molar-refractivity contribution >= 4 is 0 Å². The Morgan fingerprint density at radius 3 is 0.538 bits per heavy atom. The SMILES string of the molecule is O=N[O-].O=N[O-].O=N[O-].O=N[O-].[Ir]. The van der Waals surface area contributed by atoms with Crippen molar-refractivity contribution in [3.8, 4) is 0 Å². The predicted octanol–water partition coefficient (Wildman–Crippen LogP) is 1.000. The fourth-order valence-electron chi connectivity index (χ4n) is 0. The van der Waals surface area contributed by atoms with E-state index in [0.717, 1.165) is 21.4 Å². The van der Waals surface area contributed by atoms with Crippen LogP contribution in [-0.4, -0.2) is 0 Å². The van der Waals surface area contributed by atoms with E-state index in [1.807, 2.05) is 0 Å². The van der Waals surface area contributed by atoms with Crippen molar-refractivity contribution in [3.05, 3.63) is 40.5 Å². The summed E-state index contributed by atoms with van der Waals surface area (Å²) in [5.74, 6) is 0. The van der Waals surface area contributed by atoms with Crippen LogP contribution in [0, 0.1) is 40.5 Å². The number of hydrogen-bond donors (Lipinski definition) is 0. The fourth-order valence-corrected chi connectivity index (χ4v) is 0. The maximum atomic E-state index is 8.00. The van der Waals surface area contributed by atoms with Gasteiger partial charge in [-0.3, -0.25) is 0 Å². The second-order valence-electron chi connectivity index (χ2n) is 0.298. The molecule has 0 bridgehead atoms. The molecular formula is IrN4O8-4. The molecule has 81 valence electrons. The van der Waals surface area contributed by atoms with Crippen molar-refractivity contribution < 1.29 is 20.1 Å². The van der Waals surface area contributed by atoms with Gasteiger partial charge < -0.3 is 40.5 Å². The van der Waals surface area contributed by atoms with Crippen LogP contribution in [0.1, 0.15) is 0 Å². The summed E-state index contributed by atoms with van der Waals surface area (Å²) in [6, 6.07) is 0. The van der Waals surface area contributed by atoms with Gasteiger partial charge in [0.1, 0.15) is 0 Å². The van der Waals surface area contributed by atoms with Crippen LogP contribution in [0.15, 0.2) is 21.4 Å². The Morgan fingerprint density at radius 1 is 0.538 bits per heavy atom. The van der Waals surface area contributed by atoms with Crippen molar-refractivity contribution in [2.24, 2.45) is 21.4 Å². The molecule has 0 atom stereocenters. The quantitative estimate of drug-likeness (QED) is 0.438. The average Bonchev–Trinajstić information content (AvgIpc) is 1.92. The zero-order chi connectivity index (χ0) is 10.8. The minimum atomic E-state index is 0. The Kier molecular flexibility index (Phi) is 403. The van der Waals surface area contributed by atoms with Crippen LogP contribution in [0.5, 0.6) is 0 Å². The summed E-state index contributed by atoms with van der Waals surface area (Å²) < 4.78 is 0. The van der Waals surface area contributed by atoms with Crippen LogP contribution in [0.2, 0.25) is 0 Å². The number of hydrogen-bond acceptors (Lipinski definition) is 12. The topological polar surface area (TPSA) is 210 Å². The van der Waals surface area contributed by atoms with E-state index in [2.05, 4.69) is 0 Å². The largest absolute Gasteiger partial charge is 0.444 e. The fraction of sp³-hybridized carbons (Fsp3) is 0. The van der Waals surface area contributed by atoms with E-state index in [4.69, 9.17) is 40.5 Å². The molecule has 0 aromatic rings. The summed E-state index contributed by atoms with van der Waals surface area (Å²) in [6.07, 6.45) is 0. The molecule has 13 heteroatoms. The number of rotatable bonds is 0. The summed E-state index contributed by atoms with van der Waals surface area (Å²) in [4.78, 5) is 32.0. The second-order valence-corrected chi connectivity index (χ2v) is 0.298. The molecule has 0 aromatic heterocycles. The Hall–Kier alpha value is -1.75. The van der Waals surface area contributed by atoms with Gasteiger partial charge in [0.15, 0.2) is 0 Å². The first kappa shape index (κ1) is 30.3. The normalized spacial score (nSPS) is 3.69. The van der Waals surface area contributed by atoms with Crippen molar-refractivity contribution in [1.29, 1.82) is 0 Å². The molecule has 12 nitrogen and oxygen atoms in total. The predicted molar refractivity (Wildman–Crippen MR) is 36.6 cm³/mol. The molecule has 0 aliphatic rings. The van der Waals surface area contributed by atoms with Crippen LogP contribution in [0.3, 0.4) is 0 Å². The molecule has 0 aliphatic carbocycles. The van der Waals surface area contributed by atoms with Gasteiger partial charge in [-0.05, 0) is 0 Å². The van der Waals surface area contributed by atoms with E-state index >= 15 is 0 Å². The van der Waals surface area contributed by atoms with E-state index in [0.29, 0.717) is 0 Å². The minimum absolute atomic E-state index is 0. The monoisotopic (exact) mass is 377 g/mol. The zero-order valence-electron chi connectivity index (χ0n) is 5.39. The van der Waals surface area contributed by atoms with Crippen LogP contribution in [0.25, 0.3) is 0 Å². The molecular weight excluding hydrogens is 376 g/mol. The van der Waals surface area contributed by atoms with E-state index in [-0.39, 0.29) is 20.1 Å². The first-order chi connectivity index (χ1) is 5.66. The van der Waals surface area contributed by atoms with Gasteiger partial charge in [0.2, 0.25) is 0 Å². The Balaban J connectivity index is -0.0000000213. The average molecular weight is 376 g/mol. The van der Waals surface area contributed by atoms with Gasteiger partial charge in [-0.25, -0.2) is 0 Å². The molecule has 0 aromatic carbocycles. The van der Waals surface area contributed by atoms with Gasteiger partial charge in [0, 0.05) is 20.1 Å². The van der Waals surface area contributed by atoms with Crippen LogP contribution < -0.4 is 0 Å². The molecule has 0 amide bonds. The summed E-state index contributed by atoms with van der Waals surface area (Å²) in [5, 5.41) is 36.0. The molecule has 0 saturated heterocycles. The number of nitrogens with zero attached hydrogens (tertiary/aromatic N) is 4. The molecule has 0 fully saturated rings. The van der Waals surface area contributed by atoms with Crippen LogP contribution >= 0.6 is 0 Å². The standard InChI is InChI=1S/Ir.4HNO2/c;4*2-1-3/h;4*(H,2,3)/p-4. The van der Waals surface area contributed by atoms with Crippen LogP contribution in [-0.2, 0) is 20.1 Å². The Bertz CT molecular complexity index is 70.1. The van der Waals surface area contributed by atoms with Gasteiger partial charge >= 0.3 is 0 Å². The first-order valence-corrected chi connectivity index (χ1v) is 1.46. The second kappa shape index (κ2) is 173. The van der Waals surface area contributed by atoms with Crippen molar-refractivity contribution in [2.75, 3.05) is 0 Å². The maximum Gasteiger partial charge on any atom is 0 e. The van der Waals surface area contributed by atoms with E-state index in [1.54, 1.807) is 0 Å². The van der Waals surface area contributed by atoms with Gasteiger partial charge in [-0.1, -0.05) is 0 Å². The summed E-state index contributed by atoms with van der Waals surface area (Å²) in [7, 11) is 0. The third-order valence-electron chi connectivity index (χ3n) is 0. The van der Waals surface area contributed by atoms with Crippen molar-refractivity contribution in [3.63, 3.8) is 0 Å². The van der Waals surface area contributed by atoms with E-state index in [1.165, 1.54) is 0 Å². The van der Waals surface area contributed by atoms with Crippen molar-refractivity contribution in [1.82, 2.24) is 0 Å². The van der Waals surface area contributed by atoms with Gasteiger partial charge in [0.25, 0.3) is 0 Å².